The molecule has 17 heavy (non-hydrogen) atoms. The molecule has 2 heterocycles. The monoisotopic (exact) mass is 239 g/mol. The number of rotatable bonds is 4. The SMILES string of the molecule is Cc1nn(C(C)C)c(OCC2CCOC2)c1N. The summed E-state index contributed by atoms with van der Waals surface area (Å²) in [6, 6.07) is 0.251. The lowest BCUT2D eigenvalue weighted by Crippen LogP contribution is -2.15. The summed E-state index contributed by atoms with van der Waals surface area (Å²) < 4.78 is 13.0. The number of nitrogens with zero attached hydrogens (tertiary/aromatic N) is 2. The number of ether oxygens (including phenoxy) is 2. The van der Waals surface area contributed by atoms with E-state index in [1.807, 2.05) is 11.6 Å². The normalized spacial score (nSPS) is 20.1. The summed E-state index contributed by atoms with van der Waals surface area (Å²) in [5.41, 5.74) is 7.47. The molecule has 96 valence electrons. The highest BCUT2D eigenvalue weighted by molar-refractivity contribution is 5.52. The first-order valence-corrected chi connectivity index (χ1v) is 6.14. The van der Waals surface area contributed by atoms with Gasteiger partial charge in [0.25, 0.3) is 0 Å². The summed E-state index contributed by atoms with van der Waals surface area (Å²) in [5, 5.41) is 4.39. The van der Waals surface area contributed by atoms with Crippen molar-refractivity contribution in [3.63, 3.8) is 0 Å². The molecule has 2 rings (SSSR count). The van der Waals surface area contributed by atoms with Gasteiger partial charge in [-0.1, -0.05) is 0 Å². The van der Waals surface area contributed by atoms with Crippen LogP contribution in [0.15, 0.2) is 0 Å². The number of anilines is 1. The number of aromatic nitrogens is 2. The molecule has 5 heteroatoms. The molecule has 2 N–H and O–H groups in total. The molecule has 1 fully saturated rings. The second-order valence-corrected chi connectivity index (χ2v) is 4.88. The van der Waals surface area contributed by atoms with Crippen LogP contribution >= 0.6 is 0 Å². The van der Waals surface area contributed by atoms with E-state index >= 15 is 0 Å². The van der Waals surface area contributed by atoms with Gasteiger partial charge in [-0.2, -0.15) is 5.10 Å². The summed E-state index contributed by atoms with van der Waals surface area (Å²) in [6.45, 7) is 8.32. The topological polar surface area (TPSA) is 62.3 Å². The van der Waals surface area contributed by atoms with Crippen LogP contribution in [0.4, 0.5) is 5.69 Å². The molecule has 1 aromatic heterocycles. The molecule has 1 aliphatic heterocycles. The Morgan fingerprint density at radius 3 is 2.94 bits per heavy atom. The predicted octanol–water partition coefficient (Wildman–Crippen LogP) is 1.77. The number of hydrogen-bond acceptors (Lipinski definition) is 4. The Morgan fingerprint density at radius 2 is 2.35 bits per heavy atom. The molecular weight excluding hydrogens is 218 g/mol. The fourth-order valence-corrected chi connectivity index (χ4v) is 1.94. The van der Waals surface area contributed by atoms with Gasteiger partial charge in [-0.25, -0.2) is 4.68 Å². The van der Waals surface area contributed by atoms with E-state index in [2.05, 4.69) is 18.9 Å². The fourth-order valence-electron chi connectivity index (χ4n) is 1.94. The summed E-state index contributed by atoms with van der Waals surface area (Å²) in [4.78, 5) is 0. The van der Waals surface area contributed by atoms with Crippen LogP contribution < -0.4 is 10.5 Å². The van der Waals surface area contributed by atoms with Crippen molar-refractivity contribution in [2.75, 3.05) is 25.6 Å². The van der Waals surface area contributed by atoms with E-state index in [0.717, 1.165) is 25.3 Å². The molecule has 1 unspecified atom stereocenters. The van der Waals surface area contributed by atoms with Crippen LogP contribution in [0.3, 0.4) is 0 Å². The Labute approximate surface area is 102 Å². The molecule has 1 aliphatic rings. The van der Waals surface area contributed by atoms with Gasteiger partial charge >= 0.3 is 0 Å². The van der Waals surface area contributed by atoms with Gasteiger partial charge in [-0.05, 0) is 27.2 Å². The molecular formula is C12H21N3O2. The Kier molecular flexibility index (Phi) is 3.57. The smallest absolute Gasteiger partial charge is 0.236 e. The van der Waals surface area contributed by atoms with Crippen molar-refractivity contribution in [1.29, 1.82) is 0 Å². The quantitative estimate of drug-likeness (QED) is 0.869. The standard InChI is InChI=1S/C12H21N3O2/c1-8(2)15-12(11(13)9(3)14-15)17-7-10-4-5-16-6-10/h8,10H,4-7,13H2,1-3H3. The average Bonchev–Trinajstić information content (AvgIpc) is 2.87. The lowest BCUT2D eigenvalue weighted by atomic mass is 10.1. The Balaban J connectivity index is 2.07. The number of nitrogen functional groups attached to an aromatic ring is 1. The fraction of sp³-hybridized carbons (Fsp3) is 0.750. The number of hydrogen-bond donors (Lipinski definition) is 1. The van der Waals surface area contributed by atoms with Gasteiger partial charge < -0.3 is 15.2 Å². The lowest BCUT2D eigenvalue weighted by molar-refractivity contribution is 0.162. The number of nitrogens with two attached hydrogens (primary N) is 1. The first-order valence-electron chi connectivity index (χ1n) is 6.14. The highest BCUT2D eigenvalue weighted by Gasteiger charge is 2.20. The van der Waals surface area contributed by atoms with Crippen molar-refractivity contribution in [2.45, 2.75) is 33.2 Å². The third-order valence-electron chi connectivity index (χ3n) is 3.05. The van der Waals surface area contributed by atoms with Gasteiger partial charge in [0.2, 0.25) is 5.88 Å². The minimum Gasteiger partial charge on any atom is -0.476 e. The number of aryl methyl sites for hydroxylation is 1. The van der Waals surface area contributed by atoms with E-state index in [-0.39, 0.29) is 6.04 Å². The van der Waals surface area contributed by atoms with Crippen molar-refractivity contribution < 1.29 is 9.47 Å². The maximum absolute atomic E-state index is 5.99. The van der Waals surface area contributed by atoms with Crippen molar-refractivity contribution in [3.05, 3.63) is 5.69 Å². The summed E-state index contributed by atoms with van der Waals surface area (Å²) in [5.74, 6) is 1.18. The lowest BCUT2D eigenvalue weighted by Gasteiger charge is -2.14. The molecule has 1 saturated heterocycles. The van der Waals surface area contributed by atoms with Crippen LogP contribution in [-0.2, 0) is 4.74 Å². The summed E-state index contributed by atoms with van der Waals surface area (Å²) >= 11 is 0. The zero-order valence-corrected chi connectivity index (χ0v) is 10.8. The molecule has 0 spiro atoms. The maximum Gasteiger partial charge on any atom is 0.236 e. The van der Waals surface area contributed by atoms with E-state index in [1.54, 1.807) is 0 Å². The minimum atomic E-state index is 0.251. The third-order valence-corrected chi connectivity index (χ3v) is 3.05. The van der Waals surface area contributed by atoms with E-state index < -0.39 is 0 Å². The van der Waals surface area contributed by atoms with Crippen LogP contribution in [0.5, 0.6) is 5.88 Å². The second kappa shape index (κ2) is 4.96. The summed E-state index contributed by atoms with van der Waals surface area (Å²) in [7, 11) is 0. The van der Waals surface area contributed by atoms with Gasteiger partial charge in [0.05, 0.1) is 24.9 Å². The van der Waals surface area contributed by atoms with Gasteiger partial charge in [-0.3, -0.25) is 0 Å². The average molecular weight is 239 g/mol. The van der Waals surface area contributed by atoms with E-state index in [9.17, 15) is 0 Å². The van der Waals surface area contributed by atoms with Crippen molar-refractivity contribution in [2.24, 2.45) is 5.92 Å². The molecule has 0 saturated carbocycles. The highest BCUT2D eigenvalue weighted by atomic mass is 16.5. The van der Waals surface area contributed by atoms with Crippen molar-refractivity contribution in [1.82, 2.24) is 9.78 Å². The van der Waals surface area contributed by atoms with E-state index in [4.69, 9.17) is 15.2 Å². The van der Waals surface area contributed by atoms with Crippen LogP contribution in [0, 0.1) is 12.8 Å². The Bertz CT molecular complexity index is 381. The molecule has 0 radical (unpaired) electrons. The zero-order valence-electron chi connectivity index (χ0n) is 10.8. The molecule has 0 aliphatic carbocycles. The van der Waals surface area contributed by atoms with Crippen LogP contribution in [0.1, 0.15) is 32.0 Å². The van der Waals surface area contributed by atoms with Crippen LogP contribution in [0.2, 0.25) is 0 Å². The van der Waals surface area contributed by atoms with Gasteiger partial charge in [0, 0.05) is 12.5 Å². The van der Waals surface area contributed by atoms with Gasteiger partial charge in [0.15, 0.2) is 0 Å². The van der Waals surface area contributed by atoms with E-state index in [1.165, 1.54) is 0 Å². The van der Waals surface area contributed by atoms with E-state index in [0.29, 0.717) is 24.1 Å². The molecule has 0 bridgehead atoms. The molecule has 1 aromatic rings. The molecule has 0 aromatic carbocycles. The highest BCUT2D eigenvalue weighted by Crippen LogP contribution is 2.28. The first kappa shape index (κ1) is 12.2. The summed E-state index contributed by atoms with van der Waals surface area (Å²) in [6.07, 6.45) is 1.06. The molecule has 0 amide bonds. The molecule has 1 atom stereocenters. The first-order chi connectivity index (χ1) is 8.09. The van der Waals surface area contributed by atoms with Crippen LogP contribution in [-0.4, -0.2) is 29.6 Å². The van der Waals surface area contributed by atoms with Gasteiger partial charge in [0.1, 0.15) is 5.69 Å². The second-order valence-electron chi connectivity index (χ2n) is 4.88. The van der Waals surface area contributed by atoms with Crippen molar-refractivity contribution >= 4 is 5.69 Å². The van der Waals surface area contributed by atoms with Gasteiger partial charge in [-0.15, -0.1) is 0 Å². The maximum atomic E-state index is 5.99. The molecule has 5 nitrogen and oxygen atoms in total. The van der Waals surface area contributed by atoms with Crippen LogP contribution in [0.25, 0.3) is 0 Å². The predicted molar refractivity (Wildman–Crippen MR) is 66.2 cm³/mol. The Morgan fingerprint density at radius 1 is 1.59 bits per heavy atom. The van der Waals surface area contributed by atoms with Crippen molar-refractivity contribution in [3.8, 4) is 5.88 Å². The third kappa shape index (κ3) is 2.54. The Hall–Kier alpha value is -1.23. The largest absolute Gasteiger partial charge is 0.476 e. The minimum absolute atomic E-state index is 0.251. The zero-order chi connectivity index (χ0) is 12.4.